The molecule has 0 bridgehead atoms. The molecule has 6 heteroatoms. The molecular weight excluding hydrogens is 448 g/mol. The monoisotopic (exact) mass is 484 g/mol. The predicted molar refractivity (Wildman–Crippen MR) is 146 cm³/mol. The number of likely N-dealkylation sites (tertiary alicyclic amines) is 1. The number of benzene rings is 2. The molecule has 3 aromatic rings. The van der Waals surface area contributed by atoms with E-state index in [-0.39, 0.29) is 17.9 Å². The van der Waals surface area contributed by atoms with Crippen LogP contribution in [-0.2, 0) is 4.79 Å². The second-order valence-corrected chi connectivity index (χ2v) is 10.1. The van der Waals surface area contributed by atoms with Crippen LogP contribution in [0.1, 0.15) is 46.0 Å². The Hall–Kier alpha value is -3.38. The average molecular weight is 485 g/mol. The van der Waals surface area contributed by atoms with Crippen molar-refractivity contribution in [3.8, 4) is 17.0 Å². The average Bonchev–Trinajstić information content (AvgIpc) is 3.30. The molecule has 1 unspecified atom stereocenters. The van der Waals surface area contributed by atoms with E-state index in [2.05, 4.69) is 52.6 Å². The smallest absolute Gasteiger partial charge is 0.231 e. The summed E-state index contributed by atoms with van der Waals surface area (Å²) < 4.78 is 6.21. The first-order chi connectivity index (χ1) is 17.5. The van der Waals surface area contributed by atoms with E-state index >= 15 is 0 Å². The van der Waals surface area contributed by atoms with Gasteiger partial charge in [-0.05, 0) is 101 Å². The molecule has 5 rings (SSSR count). The van der Waals surface area contributed by atoms with Crippen LogP contribution in [0.5, 0.6) is 5.75 Å². The number of nitrogens with zero attached hydrogens (tertiary/aromatic N) is 2. The maximum Gasteiger partial charge on any atom is 0.231 e. The van der Waals surface area contributed by atoms with Crippen LogP contribution in [0.15, 0.2) is 65.8 Å². The van der Waals surface area contributed by atoms with E-state index in [1.54, 1.807) is 0 Å². The van der Waals surface area contributed by atoms with E-state index in [4.69, 9.17) is 4.74 Å². The predicted octanol–water partition coefficient (Wildman–Crippen LogP) is 6.33. The molecule has 1 aromatic heterocycles. The number of nitrogens with one attached hydrogen (secondary N) is 2. The van der Waals surface area contributed by atoms with Gasteiger partial charge < -0.3 is 15.0 Å². The first-order valence-electron chi connectivity index (χ1n) is 13.1. The van der Waals surface area contributed by atoms with Gasteiger partial charge in [0.05, 0.1) is 17.1 Å². The zero-order valence-corrected chi connectivity index (χ0v) is 21.5. The summed E-state index contributed by atoms with van der Waals surface area (Å²) in [7, 11) is 2.16. The minimum atomic E-state index is -0.105. The summed E-state index contributed by atoms with van der Waals surface area (Å²) in [6.45, 7) is 6.30. The number of hydrogen-bond donors (Lipinski definition) is 2. The lowest BCUT2D eigenvalue weighted by atomic mass is 9.82. The lowest BCUT2D eigenvalue weighted by molar-refractivity contribution is -0.119. The van der Waals surface area contributed by atoms with Crippen molar-refractivity contribution in [2.45, 2.75) is 52.1 Å². The molecular formula is C30H36N4O2. The third-order valence-electron chi connectivity index (χ3n) is 7.50. The summed E-state index contributed by atoms with van der Waals surface area (Å²) in [5.41, 5.74) is 6.10. The highest BCUT2D eigenvalue weighted by molar-refractivity contribution is 6.00. The molecule has 1 saturated heterocycles. The molecule has 2 aliphatic rings. The summed E-state index contributed by atoms with van der Waals surface area (Å²) >= 11 is 0. The Morgan fingerprint density at radius 2 is 1.92 bits per heavy atom. The number of anilines is 1. The number of carbonyl (C=O) groups excluding carboxylic acids is 1. The van der Waals surface area contributed by atoms with Gasteiger partial charge in [0.15, 0.2) is 0 Å². The van der Waals surface area contributed by atoms with Crippen molar-refractivity contribution in [1.82, 2.24) is 15.1 Å². The number of amides is 1. The van der Waals surface area contributed by atoms with E-state index < -0.39 is 0 Å². The van der Waals surface area contributed by atoms with Crippen molar-refractivity contribution in [3.05, 3.63) is 65.8 Å². The first-order valence-corrected chi connectivity index (χ1v) is 13.1. The highest BCUT2D eigenvalue weighted by Gasteiger charge is 2.26. The quantitative estimate of drug-likeness (QED) is 0.429. The fourth-order valence-corrected chi connectivity index (χ4v) is 5.41. The van der Waals surface area contributed by atoms with Crippen LogP contribution in [0.25, 0.3) is 22.2 Å². The zero-order valence-electron chi connectivity index (χ0n) is 21.5. The van der Waals surface area contributed by atoms with Crippen LogP contribution in [-0.4, -0.2) is 47.2 Å². The Labute approximate surface area is 213 Å². The summed E-state index contributed by atoms with van der Waals surface area (Å²) in [5.74, 6) is 0.849. The first kappa shape index (κ1) is 24.3. The Balaban J connectivity index is 1.32. The molecule has 2 aromatic carbocycles. The second-order valence-electron chi connectivity index (χ2n) is 10.1. The molecule has 36 heavy (non-hydrogen) atoms. The number of carbonyl (C=O) groups is 1. The van der Waals surface area contributed by atoms with Crippen molar-refractivity contribution in [2.75, 3.05) is 25.5 Å². The number of aromatic nitrogens is 2. The topological polar surface area (TPSA) is 70.2 Å². The Kier molecular flexibility index (Phi) is 7.23. The minimum absolute atomic E-state index is 0.0574. The van der Waals surface area contributed by atoms with Gasteiger partial charge in [-0.15, -0.1) is 0 Å². The molecule has 2 heterocycles. The van der Waals surface area contributed by atoms with E-state index in [0.29, 0.717) is 0 Å². The normalized spacial score (nSPS) is 19.8. The van der Waals surface area contributed by atoms with Gasteiger partial charge in [0, 0.05) is 29.7 Å². The molecule has 1 aliphatic heterocycles. The number of H-pyrrole nitrogens is 1. The molecule has 1 amide bonds. The number of hydrogen-bond acceptors (Lipinski definition) is 4. The minimum Gasteiger partial charge on any atom is -0.490 e. The number of piperidine rings is 1. The maximum absolute atomic E-state index is 13.2. The molecule has 1 aliphatic carbocycles. The van der Waals surface area contributed by atoms with Gasteiger partial charge in [0.25, 0.3) is 0 Å². The van der Waals surface area contributed by atoms with Crippen molar-refractivity contribution in [3.63, 3.8) is 0 Å². The zero-order chi connectivity index (χ0) is 25.1. The number of rotatable bonds is 6. The number of fused-ring (bicyclic) bond motifs is 1. The van der Waals surface area contributed by atoms with Crippen LogP contribution >= 0.6 is 0 Å². The fourth-order valence-electron chi connectivity index (χ4n) is 5.41. The van der Waals surface area contributed by atoms with E-state index in [0.717, 1.165) is 84.4 Å². The Bertz CT molecular complexity index is 1280. The highest BCUT2D eigenvalue weighted by Crippen LogP contribution is 2.33. The van der Waals surface area contributed by atoms with Gasteiger partial charge in [-0.3, -0.25) is 9.89 Å². The summed E-state index contributed by atoms with van der Waals surface area (Å²) in [4.78, 5) is 15.6. The van der Waals surface area contributed by atoms with Crippen LogP contribution in [0, 0.1) is 5.92 Å². The van der Waals surface area contributed by atoms with Gasteiger partial charge in [-0.25, -0.2) is 0 Å². The molecule has 2 N–H and O–H groups in total. The van der Waals surface area contributed by atoms with Crippen molar-refractivity contribution in [1.29, 1.82) is 0 Å². The Morgan fingerprint density at radius 3 is 2.67 bits per heavy atom. The van der Waals surface area contributed by atoms with Gasteiger partial charge >= 0.3 is 0 Å². The lowest BCUT2D eigenvalue weighted by Crippen LogP contribution is -2.35. The number of allylic oxidation sites excluding steroid dienone is 3. The van der Waals surface area contributed by atoms with Gasteiger partial charge in [0.1, 0.15) is 11.9 Å². The molecule has 0 spiro atoms. The molecule has 6 nitrogen and oxygen atoms in total. The van der Waals surface area contributed by atoms with Crippen LogP contribution < -0.4 is 10.1 Å². The van der Waals surface area contributed by atoms with Crippen molar-refractivity contribution < 1.29 is 9.53 Å². The lowest BCUT2D eigenvalue weighted by Gasteiger charge is -2.29. The SMILES string of the molecule is CC=CC1=C(C)CCCC1C(=O)Nc1ccc2[nH]nc(-c3ccc(OC4CCN(C)CC4)cc3)c2c1. The van der Waals surface area contributed by atoms with E-state index in [9.17, 15) is 4.79 Å². The summed E-state index contributed by atoms with van der Waals surface area (Å²) in [5, 5.41) is 11.9. The number of aromatic amines is 1. The summed E-state index contributed by atoms with van der Waals surface area (Å²) in [6.07, 6.45) is 9.51. The van der Waals surface area contributed by atoms with Gasteiger partial charge in [0.2, 0.25) is 5.91 Å². The molecule has 0 saturated carbocycles. The molecule has 1 fully saturated rings. The number of ether oxygens (including phenoxy) is 1. The van der Waals surface area contributed by atoms with Crippen LogP contribution in [0.3, 0.4) is 0 Å². The third kappa shape index (κ3) is 5.24. The fraction of sp³-hybridized carbons (Fsp3) is 0.400. The van der Waals surface area contributed by atoms with Crippen LogP contribution in [0.4, 0.5) is 5.69 Å². The third-order valence-corrected chi connectivity index (χ3v) is 7.50. The van der Waals surface area contributed by atoms with E-state index in [1.165, 1.54) is 5.57 Å². The summed E-state index contributed by atoms with van der Waals surface area (Å²) in [6, 6.07) is 14.1. The van der Waals surface area contributed by atoms with Crippen LogP contribution in [0.2, 0.25) is 0 Å². The van der Waals surface area contributed by atoms with E-state index in [1.807, 2.05) is 43.3 Å². The van der Waals surface area contributed by atoms with Crippen molar-refractivity contribution in [2.24, 2.45) is 5.92 Å². The Morgan fingerprint density at radius 1 is 1.14 bits per heavy atom. The largest absolute Gasteiger partial charge is 0.490 e. The maximum atomic E-state index is 13.2. The van der Waals surface area contributed by atoms with Gasteiger partial charge in [-0.2, -0.15) is 5.10 Å². The molecule has 1 atom stereocenters. The highest BCUT2D eigenvalue weighted by atomic mass is 16.5. The van der Waals surface area contributed by atoms with Crippen molar-refractivity contribution >= 4 is 22.5 Å². The molecule has 188 valence electrons. The molecule has 0 radical (unpaired) electrons. The van der Waals surface area contributed by atoms with Gasteiger partial charge in [-0.1, -0.05) is 17.7 Å². The standard InChI is InChI=1S/C30H36N4O2/c1-4-6-25-20(2)7-5-8-26(25)30(35)31-22-11-14-28-27(19-22)29(33-32-28)21-9-12-23(13-10-21)36-24-15-17-34(3)18-16-24/h4,6,9-14,19,24,26H,5,7-8,15-18H2,1-3H3,(H,31,35)(H,32,33). The second kappa shape index (κ2) is 10.7.